The number of methoxy groups -OCH3 is 1. The van der Waals surface area contributed by atoms with Gasteiger partial charge >= 0.3 is 0 Å². The average molecular weight is 512 g/mol. The molecule has 0 aliphatic carbocycles. The molecule has 2 N–H and O–H groups in total. The molecular formula is C21H33IN6O. The third kappa shape index (κ3) is 6.58. The number of halogens is 1. The zero-order valence-corrected chi connectivity index (χ0v) is 20.0. The van der Waals surface area contributed by atoms with Gasteiger partial charge in [0.05, 0.1) is 7.11 Å². The van der Waals surface area contributed by atoms with Crippen molar-refractivity contribution in [2.24, 2.45) is 4.99 Å². The summed E-state index contributed by atoms with van der Waals surface area (Å²) in [5.41, 5.74) is 2.40. The molecule has 8 heteroatoms. The third-order valence-corrected chi connectivity index (χ3v) is 5.09. The molecule has 2 heterocycles. The second-order valence-corrected chi connectivity index (χ2v) is 7.17. The van der Waals surface area contributed by atoms with Gasteiger partial charge in [-0.1, -0.05) is 18.6 Å². The van der Waals surface area contributed by atoms with Gasteiger partial charge in [0, 0.05) is 26.1 Å². The average Bonchev–Trinajstić information content (AvgIpc) is 2.93. The first-order valence-electron chi connectivity index (χ1n) is 10.3. The topological polar surface area (TPSA) is 76.4 Å². The fourth-order valence-electron chi connectivity index (χ4n) is 3.50. The maximum atomic E-state index is 5.41. The Hall–Kier alpha value is -1.84. The van der Waals surface area contributed by atoms with Gasteiger partial charge in [-0.05, 0) is 50.3 Å². The standard InChI is InChI=1S/C21H32N6O.HI/c1-4-22-21(23-12-11-17-10-9-16(2)18(14-17)28-3)24-15-20-26-25-19-8-6-5-7-13-27(19)20;/h9-10,14H,4-8,11-13,15H2,1-3H3,(H2,22,23,24);1H. The molecule has 0 saturated heterocycles. The number of nitrogens with zero attached hydrogens (tertiary/aromatic N) is 4. The number of rotatable bonds is 7. The molecule has 0 radical (unpaired) electrons. The Morgan fingerprint density at radius 1 is 1.21 bits per heavy atom. The van der Waals surface area contributed by atoms with Gasteiger partial charge < -0.3 is 19.9 Å². The summed E-state index contributed by atoms with van der Waals surface area (Å²) in [5.74, 6) is 3.81. The van der Waals surface area contributed by atoms with E-state index in [1.807, 2.05) is 0 Å². The largest absolute Gasteiger partial charge is 0.496 e. The highest BCUT2D eigenvalue weighted by molar-refractivity contribution is 14.0. The van der Waals surface area contributed by atoms with Crippen molar-refractivity contribution in [3.05, 3.63) is 41.0 Å². The molecule has 0 atom stereocenters. The Morgan fingerprint density at radius 2 is 2.07 bits per heavy atom. The molecule has 0 bridgehead atoms. The van der Waals surface area contributed by atoms with E-state index < -0.39 is 0 Å². The lowest BCUT2D eigenvalue weighted by Gasteiger charge is -2.12. The highest BCUT2D eigenvalue weighted by Gasteiger charge is 2.14. The number of guanidine groups is 1. The van der Waals surface area contributed by atoms with Crippen molar-refractivity contribution in [2.45, 2.75) is 59.0 Å². The molecule has 7 nitrogen and oxygen atoms in total. The van der Waals surface area contributed by atoms with Crippen molar-refractivity contribution in [2.75, 3.05) is 20.2 Å². The van der Waals surface area contributed by atoms with E-state index in [-0.39, 0.29) is 24.0 Å². The van der Waals surface area contributed by atoms with E-state index >= 15 is 0 Å². The number of hydrogen-bond donors (Lipinski definition) is 2. The highest BCUT2D eigenvalue weighted by Crippen LogP contribution is 2.19. The van der Waals surface area contributed by atoms with Crippen LogP contribution < -0.4 is 15.4 Å². The molecule has 29 heavy (non-hydrogen) atoms. The van der Waals surface area contributed by atoms with Crippen LogP contribution >= 0.6 is 24.0 Å². The molecule has 0 saturated carbocycles. The Morgan fingerprint density at radius 3 is 2.86 bits per heavy atom. The van der Waals surface area contributed by atoms with Crippen molar-refractivity contribution in [1.82, 2.24) is 25.4 Å². The predicted octanol–water partition coefficient (Wildman–Crippen LogP) is 3.24. The fourth-order valence-corrected chi connectivity index (χ4v) is 3.50. The van der Waals surface area contributed by atoms with Crippen LogP contribution in [0, 0.1) is 6.92 Å². The number of ether oxygens (including phenoxy) is 1. The van der Waals surface area contributed by atoms with Crippen LogP contribution in [0.15, 0.2) is 23.2 Å². The molecule has 1 aliphatic heterocycles. The van der Waals surface area contributed by atoms with Crippen LogP contribution in [0.3, 0.4) is 0 Å². The highest BCUT2D eigenvalue weighted by atomic mass is 127. The number of aliphatic imine (C=N–C) groups is 1. The van der Waals surface area contributed by atoms with Crippen molar-refractivity contribution < 1.29 is 4.74 Å². The van der Waals surface area contributed by atoms with Gasteiger partial charge in [-0.25, -0.2) is 4.99 Å². The lowest BCUT2D eigenvalue weighted by Crippen LogP contribution is -2.38. The smallest absolute Gasteiger partial charge is 0.191 e. The number of fused-ring (bicyclic) bond motifs is 1. The zero-order valence-electron chi connectivity index (χ0n) is 17.7. The number of hydrogen-bond acceptors (Lipinski definition) is 4. The Bertz CT molecular complexity index is 804. The minimum Gasteiger partial charge on any atom is -0.496 e. The number of benzene rings is 1. The molecular weight excluding hydrogens is 479 g/mol. The first-order chi connectivity index (χ1) is 13.7. The first kappa shape index (κ1) is 23.4. The predicted molar refractivity (Wildman–Crippen MR) is 127 cm³/mol. The Labute approximate surface area is 190 Å². The van der Waals surface area contributed by atoms with Crippen LogP contribution in [0.25, 0.3) is 0 Å². The summed E-state index contributed by atoms with van der Waals surface area (Å²) in [6, 6.07) is 6.35. The first-order valence-corrected chi connectivity index (χ1v) is 10.3. The SMILES string of the molecule is CCNC(=NCc1nnc2n1CCCCC2)NCCc1ccc(C)c(OC)c1.I. The monoisotopic (exact) mass is 512 g/mol. The summed E-state index contributed by atoms with van der Waals surface area (Å²) >= 11 is 0. The molecule has 0 unspecified atom stereocenters. The lowest BCUT2D eigenvalue weighted by atomic mass is 10.1. The van der Waals surface area contributed by atoms with E-state index in [9.17, 15) is 0 Å². The van der Waals surface area contributed by atoms with Gasteiger partial charge in [0.2, 0.25) is 0 Å². The molecule has 3 rings (SSSR count). The van der Waals surface area contributed by atoms with Crippen LogP contribution in [0.5, 0.6) is 5.75 Å². The zero-order chi connectivity index (χ0) is 19.8. The summed E-state index contributed by atoms with van der Waals surface area (Å²) in [5, 5.41) is 15.4. The van der Waals surface area contributed by atoms with E-state index in [0.717, 1.165) is 61.4 Å². The molecule has 1 aromatic heterocycles. The quantitative estimate of drug-likeness (QED) is 0.339. The maximum Gasteiger partial charge on any atom is 0.191 e. The van der Waals surface area contributed by atoms with E-state index in [0.29, 0.717) is 6.54 Å². The second-order valence-electron chi connectivity index (χ2n) is 7.17. The van der Waals surface area contributed by atoms with Crippen LogP contribution in [-0.2, 0) is 25.9 Å². The second kappa shape index (κ2) is 12.0. The van der Waals surface area contributed by atoms with E-state index in [2.05, 4.69) is 57.4 Å². The van der Waals surface area contributed by atoms with Gasteiger partial charge in [-0.15, -0.1) is 34.2 Å². The lowest BCUT2D eigenvalue weighted by molar-refractivity contribution is 0.411. The molecule has 1 aromatic carbocycles. The summed E-state index contributed by atoms with van der Waals surface area (Å²) in [4.78, 5) is 4.72. The molecule has 1 aliphatic rings. The normalized spacial score (nSPS) is 13.8. The Kier molecular flexibility index (Phi) is 9.69. The van der Waals surface area contributed by atoms with Crippen molar-refractivity contribution in [3.8, 4) is 5.75 Å². The molecule has 0 spiro atoms. The summed E-state index contributed by atoms with van der Waals surface area (Å²) in [6.45, 7) is 7.30. The minimum atomic E-state index is 0. The summed E-state index contributed by atoms with van der Waals surface area (Å²) in [6.07, 6.45) is 5.59. The number of aryl methyl sites for hydroxylation is 2. The molecule has 2 aromatic rings. The van der Waals surface area contributed by atoms with E-state index in [1.165, 1.54) is 24.8 Å². The minimum absolute atomic E-state index is 0. The fraction of sp³-hybridized carbons (Fsp3) is 0.571. The van der Waals surface area contributed by atoms with Gasteiger partial charge in [0.25, 0.3) is 0 Å². The number of nitrogens with one attached hydrogen (secondary N) is 2. The third-order valence-electron chi connectivity index (χ3n) is 5.09. The Balaban J connectivity index is 0.00000300. The summed E-state index contributed by atoms with van der Waals surface area (Å²) in [7, 11) is 1.71. The van der Waals surface area contributed by atoms with E-state index in [1.54, 1.807) is 7.11 Å². The van der Waals surface area contributed by atoms with Gasteiger partial charge in [-0.2, -0.15) is 0 Å². The van der Waals surface area contributed by atoms with Crippen LogP contribution in [-0.4, -0.2) is 40.9 Å². The van der Waals surface area contributed by atoms with Gasteiger partial charge in [-0.3, -0.25) is 0 Å². The molecule has 160 valence electrons. The van der Waals surface area contributed by atoms with Crippen molar-refractivity contribution >= 4 is 29.9 Å². The van der Waals surface area contributed by atoms with E-state index in [4.69, 9.17) is 9.73 Å². The molecule has 0 amide bonds. The van der Waals surface area contributed by atoms with Crippen molar-refractivity contribution in [3.63, 3.8) is 0 Å². The maximum absolute atomic E-state index is 5.41. The van der Waals surface area contributed by atoms with Gasteiger partial charge in [0.1, 0.15) is 18.1 Å². The van der Waals surface area contributed by atoms with Crippen molar-refractivity contribution in [1.29, 1.82) is 0 Å². The number of aromatic nitrogens is 3. The van der Waals surface area contributed by atoms with Crippen LogP contribution in [0.2, 0.25) is 0 Å². The summed E-state index contributed by atoms with van der Waals surface area (Å²) < 4.78 is 7.66. The molecule has 0 fully saturated rings. The van der Waals surface area contributed by atoms with Crippen LogP contribution in [0.1, 0.15) is 49.0 Å². The van der Waals surface area contributed by atoms with Crippen LogP contribution in [0.4, 0.5) is 0 Å². The van der Waals surface area contributed by atoms with Gasteiger partial charge in [0.15, 0.2) is 11.8 Å².